The summed E-state index contributed by atoms with van der Waals surface area (Å²) in [5.41, 5.74) is 1.14. The van der Waals surface area contributed by atoms with E-state index >= 15 is 0 Å². The smallest absolute Gasteiger partial charge is 0.255 e. The third-order valence-electron chi connectivity index (χ3n) is 4.77. The van der Waals surface area contributed by atoms with Gasteiger partial charge in [0.1, 0.15) is 0 Å². The summed E-state index contributed by atoms with van der Waals surface area (Å²) in [5.74, 6) is 0.582. The van der Waals surface area contributed by atoms with Gasteiger partial charge in [-0.15, -0.1) is 0 Å². The molecule has 2 N–H and O–H groups in total. The fourth-order valence-electron chi connectivity index (χ4n) is 3.17. The highest BCUT2D eigenvalue weighted by molar-refractivity contribution is 5.76. The minimum absolute atomic E-state index is 0.00921. The van der Waals surface area contributed by atoms with Crippen LogP contribution in [-0.4, -0.2) is 48.2 Å². The molecule has 146 valence electrons. The number of carbonyl (C=O) groups excluding carboxylic acids is 1. The molecular weight excluding hydrogens is 332 g/mol. The first-order chi connectivity index (χ1) is 12.5. The van der Waals surface area contributed by atoms with Crippen LogP contribution >= 0.6 is 0 Å². The van der Waals surface area contributed by atoms with Gasteiger partial charge in [0.15, 0.2) is 0 Å². The highest BCUT2D eigenvalue weighted by Gasteiger charge is 2.17. The number of hydrogen-bond acceptors (Lipinski definition) is 5. The molecular formula is C19H32N4O3. The predicted octanol–water partition coefficient (Wildman–Crippen LogP) is 1.93. The molecule has 7 heteroatoms. The molecule has 26 heavy (non-hydrogen) atoms. The van der Waals surface area contributed by atoms with Crippen molar-refractivity contribution in [3.63, 3.8) is 0 Å². The van der Waals surface area contributed by atoms with Crippen molar-refractivity contribution in [1.82, 2.24) is 15.3 Å². The summed E-state index contributed by atoms with van der Waals surface area (Å²) in [4.78, 5) is 34.0. The van der Waals surface area contributed by atoms with Crippen molar-refractivity contribution < 1.29 is 9.53 Å². The number of nitrogens with one attached hydrogen (secondary N) is 2. The van der Waals surface area contributed by atoms with E-state index in [4.69, 9.17) is 4.74 Å². The third kappa shape index (κ3) is 6.12. The first-order valence-electron chi connectivity index (χ1n) is 9.73. The van der Waals surface area contributed by atoms with E-state index in [1.807, 2.05) is 18.7 Å². The number of ether oxygens (including phenoxy) is 1. The molecule has 0 saturated carbocycles. The summed E-state index contributed by atoms with van der Waals surface area (Å²) in [5, 5.41) is 3.02. The summed E-state index contributed by atoms with van der Waals surface area (Å²) < 4.78 is 5.33. The fraction of sp³-hybridized carbons (Fsp3) is 0.737. The fourth-order valence-corrected chi connectivity index (χ4v) is 3.17. The number of anilines is 1. The lowest BCUT2D eigenvalue weighted by atomic mass is 10.1. The molecule has 1 unspecified atom stereocenters. The average Bonchev–Trinajstić information content (AvgIpc) is 2.61. The van der Waals surface area contributed by atoms with Crippen LogP contribution in [0.25, 0.3) is 0 Å². The number of rotatable bonds is 9. The van der Waals surface area contributed by atoms with Crippen LogP contribution in [0.4, 0.5) is 5.95 Å². The first-order valence-corrected chi connectivity index (χ1v) is 9.73. The standard InChI is InChI=1S/C19H32N4O3/c1-4-5-6-7-14(2)20-17(24)9-8-16-15(3)21-19(22-18(16)25)23-10-12-26-13-11-23/h14H,4-13H2,1-3H3,(H,20,24)(H,21,22,25). The zero-order valence-corrected chi connectivity index (χ0v) is 16.3. The molecule has 0 spiro atoms. The van der Waals surface area contributed by atoms with Gasteiger partial charge in [-0.3, -0.25) is 14.6 Å². The highest BCUT2D eigenvalue weighted by atomic mass is 16.5. The monoisotopic (exact) mass is 364 g/mol. The summed E-state index contributed by atoms with van der Waals surface area (Å²) in [6.45, 7) is 8.76. The number of H-pyrrole nitrogens is 1. The Balaban J connectivity index is 1.89. The van der Waals surface area contributed by atoms with Crippen molar-refractivity contribution >= 4 is 11.9 Å². The van der Waals surface area contributed by atoms with E-state index in [1.165, 1.54) is 12.8 Å². The Kier molecular flexibility index (Phi) is 8.09. The number of carbonyl (C=O) groups is 1. The van der Waals surface area contributed by atoms with Crippen LogP contribution in [-0.2, 0) is 16.0 Å². The second kappa shape index (κ2) is 10.3. The largest absolute Gasteiger partial charge is 0.378 e. The van der Waals surface area contributed by atoms with E-state index < -0.39 is 0 Å². The SMILES string of the molecule is CCCCCC(C)NC(=O)CCc1c(C)nc(N2CCOCC2)[nH]c1=O. The molecule has 0 aromatic carbocycles. The van der Waals surface area contributed by atoms with Crippen LogP contribution in [0.1, 0.15) is 57.2 Å². The van der Waals surface area contributed by atoms with Crippen molar-refractivity contribution in [2.24, 2.45) is 0 Å². The summed E-state index contributed by atoms with van der Waals surface area (Å²) in [6, 6.07) is 0.176. The lowest BCUT2D eigenvalue weighted by molar-refractivity contribution is -0.121. The minimum Gasteiger partial charge on any atom is -0.378 e. The lowest BCUT2D eigenvalue weighted by Gasteiger charge is -2.27. The van der Waals surface area contributed by atoms with E-state index in [2.05, 4.69) is 22.2 Å². The van der Waals surface area contributed by atoms with Gasteiger partial charge in [-0.05, 0) is 26.7 Å². The topological polar surface area (TPSA) is 87.3 Å². The molecule has 7 nitrogen and oxygen atoms in total. The summed E-state index contributed by atoms with van der Waals surface area (Å²) >= 11 is 0. The second-order valence-electron chi connectivity index (χ2n) is 7.02. The van der Waals surface area contributed by atoms with Gasteiger partial charge in [-0.25, -0.2) is 4.98 Å². The second-order valence-corrected chi connectivity index (χ2v) is 7.02. The molecule has 0 aliphatic carbocycles. The van der Waals surface area contributed by atoms with Crippen molar-refractivity contribution in [1.29, 1.82) is 0 Å². The highest BCUT2D eigenvalue weighted by Crippen LogP contribution is 2.11. The van der Waals surface area contributed by atoms with E-state index in [-0.39, 0.29) is 17.5 Å². The van der Waals surface area contributed by atoms with E-state index in [1.54, 1.807) is 0 Å². The molecule has 1 aromatic heterocycles. The van der Waals surface area contributed by atoms with Crippen molar-refractivity contribution in [2.75, 3.05) is 31.2 Å². The Morgan fingerprint density at radius 2 is 2.08 bits per heavy atom. The van der Waals surface area contributed by atoms with Crippen molar-refractivity contribution in [3.8, 4) is 0 Å². The molecule has 1 amide bonds. The zero-order chi connectivity index (χ0) is 18.9. The first kappa shape index (κ1) is 20.4. The summed E-state index contributed by atoms with van der Waals surface area (Å²) in [7, 11) is 0. The molecule has 0 bridgehead atoms. The molecule has 1 atom stereocenters. The quantitative estimate of drug-likeness (QED) is 0.654. The van der Waals surface area contributed by atoms with Crippen LogP contribution in [0.3, 0.4) is 0 Å². The number of hydrogen-bond donors (Lipinski definition) is 2. The van der Waals surface area contributed by atoms with Crippen LogP contribution < -0.4 is 15.8 Å². The number of nitrogens with zero attached hydrogens (tertiary/aromatic N) is 2. The Labute approximate surface area is 155 Å². The maximum absolute atomic E-state index is 12.4. The Morgan fingerprint density at radius 3 is 2.73 bits per heavy atom. The van der Waals surface area contributed by atoms with Gasteiger partial charge in [-0.2, -0.15) is 0 Å². The van der Waals surface area contributed by atoms with Gasteiger partial charge in [0.05, 0.1) is 13.2 Å². The molecule has 1 aliphatic rings. The van der Waals surface area contributed by atoms with Gasteiger partial charge >= 0.3 is 0 Å². The molecule has 2 heterocycles. The Morgan fingerprint density at radius 1 is 1.35 bits per heavy atom. The molecule has 0 radical (unpaired) electrons. The van der Waals surface area contributed by atoms with Crippen LogP contribution in [0.2, 0.25) is 0 Å². The molecule has 1 fully saturated rings. The summed E-state index contributed by atoms with van der Waals surface area (Å²) in [6.07, 6.45) is 5.20. The van der Waals surface area contributed by atoms with E-state index in [9.17, 15) is 9.59 Å². The zero-order valence-electron chi connectivity index (χ0n) is 16.3. The number of amides is 1. The minimum atomic E-state index is -0.150. The van der Waals surface area contributed by atoms with Crippen LogP contribution in [0.15, 0.2) is 4.79 Å². The molecule has 1 aromatic rings. The van der Waals surface area contributed by atoms with Gasteiger partial charge in [0, 0.05) is 36.8 Å². The van der Waals surface area contributed by atoms with Crippen molar-refractivity contribution in [3.05, 3.63) is 21.6 Å². The normalized spacial score (nSPS) is 15.7. The third-order valence-corrected chi connectivity index (χ3v) is 4.77. The van der Waals surface area contributed by atoms with Crippen LogP contribution in [0.5, 0.6) is 0 Å². The Hall–Kier alpha value is -1.89. The van der Waals surface area contributed by atoms with Gasteiger partial charge in [-0.1, -0.05) is 26.2 Å². The van der Waals surface area contributed by atoms with Gasteiger partial charge in [0.25, 0.3) is 5.56 Å². The number of morpholine rings is 1. The maximum Gasteiger partial charge on any atom is 0.255 e. The number of aromatic amines is 1. The maximum atomic E-state index is 12.4. The van der Waals surface area contributed by atoms with Crippen LogP contribution in [0, 0.1) is 6.92 Å². The van der Waals surface area contributed by atoms with Gasteiger partial charge < -0.3 is 15.0 Å². The predicted molar refractivity (Wildman–Crippen MR) is 103 cm³/mol. The Bertz CT molecular complexity index is 638. The van der Waals surface area contributed by atoms with E-state index in [0.29, 0.717) is 43.3 Å². The van der Waals surface area contributed by atoms with E-state index in [0.717, 1.165) is 25.9 Å². The number of aromatic nitrogens is 2. The van der Waals surface area contributed by atoms with Crippen molar-refractivity contribution in [2.45, 2.75) is 65.3 Å². The number of aryl methyl sites for hydroxylation is 1. The molecule has 2 rings (SSSR count). The number of unbranched alkanes of at least 4 members (excludes halogenated alkanes) is 2. The molecule has 1 saturated heterocycles. The molecule has 1 aliphatic heterocycles. The van der Waals surface area contributed by atoms with Gasteiger partial charge in [0.2, 0.25) is 11.9 Å². The average molecular weight is 364 g/mol. The lowest BCUT2D eigenvalue weighted by Crippen LogP contribution is -2.39.